The molecule has 1 N–H and O–H groups in total. The second kappa shape index (κ2) is 11.2. The number of carbonyl (C=O) groups is 1. The Kier molecular flexibility index (Phi) is 8.92. The Bertz CT molecular complexity index is 894. The van der Waals surface area contributed by atoms with Crippen molar-refractivity contribution in [2.75, 3.05) is 13.2 Å². The summed E-state index contributed by atoms with van der Waals surface area (Å²) in [6, 6.07) is 9.38. The SMILES string of the molecule is C=CCOc1ccc(/C=N\NC(=O)COc2c(C(C)C)cc(Br)c(C)c2Br)cc1. The van der Waals surface area contributed by atoms with Crippen molar-refractivity contribution in [2.45, 2.75) is 26.7 Å². The van der Waals surface area contributed by atoms with Crippen LogP contribution in [0.3, 0.4) is 0 Å². The van der Waals surface area contributed by atoms with Gasteiger partial charge in [-0.1, -0.05) is 42.4 Å². The zero-order valence-corrected chi connectivity index (χ0v) is 19.8. The molecule has 5 nitrogen and oxygen atoms in total. The maximum Gasteiger partial charge on any atom is 0.277 e. The van der Waals surface area contributed by atoms with Gasteiger partial charge in [0.05, 0.1) is 10.7 Å². The number of nitrogens with one attached hydrogen (secondary N) is 1. The van der Waals surface area contributed by atoms with Crippen LogP contribution in [0.5, 0.6) is 11.5 Å². The van der Waals surface area contributed by atoms with E-state index in [1.807, 2.05) is 37.3 Å². The quantitative estimate of drug-likeness (QED) is 0.259. The fourth-order valence-corrected chi connectivity index (χ4v) is 3.71. The number of halogens is 2. The molecule has 0 bridgehead atoms. The van der Waals surface area contributed by atoms with Gasteiger partial charge in [-0.25, -0.2) is 5.43 Å². The Morgan fingerprint density at radius 2 is 1.93 bits per heavy atom. The fraction of sp³-hybridized carbons (Fsp3) is 0.273. The molecule has 0 saturated carbocycles. The van der Waals surface area contributed by atoms with Crippen LogP contribution in [0.15, 0.2) is 57.0 Å². The predicted octanol–water partition coefficient (Wildman–Crippen LogP) is 5.74. The number of hydrogen-bond donors (Lipinski definition) is 1. The van der Waals surface area contributed by atoms with Crippen molar-refractivity contribution in [2.24, 2.45) is 5.10 Å². The zero-order valence-electron chi connectivity index (χ0n) is 16.7. The molecule has 2 aromatic rings. The van der Waals surface area contributed by atoms with E-state index in [0.717, 1.165) is 31.4 Å². The van der Waals surface area contributed by atoms with Gasteiger partial charge in [-0.2, -0.15) is 5.10 Å². The lowest BCUT2D eigenvalue weighted by Crippen LogP contribution is -2.25. The van der Waals surface area contributed by atoms with Gasteiger partial charge < -0.3 is 9.47 Å². The number of hydrazone groups is 1. The molecule has 0 aliphatic carbocycles. The average molecular weight is 524 g/mol. The van der Waals surface area contributed by atoms with Gasteiger partial charge >= 0.3 is 0 Å². The van der Waals surface area contributed by atoms with E-state index in [1.54, 1.807) is 12.3 Å². The molecule has 0 fully saturated rings. The van der Waals surface area contributed by atoms with Crippen molar-refractivity contribution >= 4 is 44.0 Å². The first-order valence-corrected chi connectivity index (χ1v) is 10.7. The molecule has 0 aromatic heterocycles. The maximum absolute atomic E-state index is 12.1. The first-order chi connectivity index (χ1) is 13.8. The number of carbonyl (C=O) groups excluding carboxylic acids is 1. The third-order valence-electron chi connectivity index (χ3n) is 4.05. The molecule has 0 atom stereocenters. The molecule has 0 saturated heterocycles. The van der Waals surface area contributed by atoms with Crippen molar-refractivity contribution in [3.05, 3.63) is 68.6 Å². The highest BCUT2D eigenvalue weighted by Gasteiger charge is 2.17. The van der Waals surface area contributed by atoms with Crippen LogP contribution in [-0.2, 0) is 4.79 Å². The molecule has 2 rings (SSSR count). The van der Waals surface area contributed by atoms with Gasteiger partial charge in [-0.3, -0.25) is 4.79 Å². The summed E-state index contributed by atoms with van der Waals surface area (Å²) in [5, 5.41) is 3.98. The molecular weight excluding hydrogens is 500 g/mol. The molecule has 29 heavy (non-hydrogen) atoms. The van der Waals surface area contributed by atoms with E-state index in [4.69, 9.17) is 9.47 Å². The van der Waals surface area contributed by atoms with Crippen molar-refractivity contribution in [1.82, 2.24) is 5.43 Å². The predicted molar refractivity (Wildman–Crippen MR) is 124 cm³/mol. The first kappa shape index (κ1) is 23.2. The Morgan fingerprint density at radius 3 is 2.55 bits per heavy atom. The summed E-state index contributed by atoms with van der Waals surface area (Å²) in [5.74, 6) is 1.33. The number of ether oxygens (including phenoxy) is 2. The highest BCUT2D eigenvalue weighted by Crippen LogP contribution is 2.40. The lowest BCUT2D eigenvalue weighted by atomic mass is 10.0. The van der Waals surface area contributed by atoms with E-state index in [1.165, 1.54) is 0 Å². The van der Waals surface area contributed by atoms with E-state index in [0.29, 0.717) is 12.4 Å². The van der Waals surface area contributed by atoms with E-state index < -0.39 is 0 Å². The summed E-state index contributed by atoms with van der Waals surface area (Å²) < 4.78 is 13.1. The van der Waals surface area contributed by atoms with Crippen LogP contribution in [-0.4, -0.2) is 25.3 Å². The van der Waals surface area contributed by atoms with Gasteiger partial charge in [0.1, 0.15) is 18.1 Å². The average Bonchev–Trinajstić information content (AvgIpc) is 2.70. The normalized spacial score (nSPS) is 11.0. The van der Waals surface area contributed by atoms with Crippen molar-refractivity contribution in [1.29, 1.82) is 0 Å². The third-order valence-corrected chi connectivity index (χ3v) is 5.83. The molecule has 2 aromatic carbocycles. The summed E-state index contributed by atoms with van der Waals surface area (Å²) in [6.45, 7) is 10.1. The van der Waals surface area contributed by atoms with Crippen LogP contribution in [0.25, 0.3) is 0 Å². The molecule has 7 heteroatoms. The number of nitrogens with zero attached hydrogens (tertiary/aromatic N) is 1. The van der Waals surface area contributed by atoms with Crippen molar-refractivity contribution < 1.29 is 14.3 Å². The highest BCUT2D eigenvalue weighted by atomic mass is 79.9. The number of rotatable bonds is 9. The Morgan fingerprint density at radius 1 is 1.24 bits per heavy atom. The van der Waals surface area contributed by atoms with Gasteiger partial charge in [-0.15, -0.1) is 0 Å². The summed E-state index contributed by atoms with van der Waals surface area (Å²) in [6.07, 6.45) is 3.25. The second-order valence-corrected chi connectivity index (χ2v) is 8.27. The van der Waals surface area contributed by atoms with Gasteiger partial charge in [0.25, 0.3) is 5.91 Å². The number of benzene rings is 2. The van der Waals surface area contributed by atoms with Gasteiger partial charge in [-0.05, 0) is 75.8 Å². The number of amides is 1. The lowest BCUT2D eigenvalue weighted by molar-refractivity contribution is -0.123. The minimum absolute atomic E-state index is 0.134. The van der Waals surface area contributed by atoms with E-state index in [2.05, 4.69) is 62.8 Å². The van der Waals surface area contributed by atoms with E-state index in [-0.39, 0.29) is 18.4 Å². The van der Waals surface area contributed by atoms with Crippen LogP contribution in [0, 0.1) is 6.92 Å². The minimum Gasteiger partial charge on any atom is -0.490 e. The molecule has 0 spiro atoms. The topological polar surface area (TPSA) is 59.9 Å². The van der Waals surface area contributed by atoms with Crippen LogP contribution in [0.2, 0.25) is 0 Å². The van der Waals surface area contributed by atoms with Crippen LogP contribution >= 0.6 is 31.9 Å². The third kappa shape index (κ3) is 6.72. The Labute approximate surface area is 188 Å². The van der Waals surface area contributed by atoms with Crippen LogP contribution in [0.1, 0.15) is 36.5 Å². The summed E-state index contributed by atoms with van der Waals surface area (Å²) >= 11 is 7.13. The first-order valence-electron chi connectivity index (χ1n) is 9.10. The van der Waals surface area contributed by atoms with Gasteiger partial charge in [0, 0.05) is 4.47 Å². The second-order valence-electron chi connectivity index (χ2n) is 6.62. The van der Waals surface area contributed by atoms with Crippen molar-refractivity contribution in [3.8, 4) is 11.5 Å². The van der Waals surface area contributed by atoms with E-state index >= 15 is 0 Å². The molecule has 0 heterocycles. The Balaban J connectivity index is 1.94. The van der Waals surface area contributed by atoms with Gasteiger partial charge in [0.15, 0.2) is 6.61 Å². The van der Waals surface area contributed by atoms with Crippen LogP contribution in [0.4, 0.5) is 0 Å². The molecule has 0 aliphatic heterocycles. The lowest BCUT2D eigenvalue weighted by Gasteiger charge is -2.18. The summed E-state index contributed by atoms with van der Waals surface area (Å²) in [5.41, 5.74) is 5.35. The monoisotopic (exact) mass is 522 g/mol. The smallest absolute Gasteiger partial charge is 0.277 e. The standard InChI is InChI=1S/C22H24Br2N2O3/c1-5-10-28-17-8-6-16(7-9-17)12-25-26-20(27)13-29-22-18(14(2)3)11-19(23)15(4)21(22)24/h5-9,11-12,14H,1,10,13H2,2-4H3,(H,26,27)/b25-12-. The number of hydrogen-bond acceptors (Lipinski definition) is 4. The molecular formula is C22H24Br2N2O3. The zero-order chi connectivity index (χ0) is 21.4. The van der Waals surface area contributed by atoms with Gasteiger partial charge in [0.2, 0.25) is 0 Å². The molecule has 0 aliphatic rings. The minimum atomic E-state index is -0.339. The summed E-state index contributed by atoms with van der Waals surface area (Å²) in [4.78, 5) is 12.1. The largest absolute Gasteiger partial charge is 0.490 e. The molecule has 0 unspecified atom stereocenters. The maximum atomic E-state index is 12.1. The molecule has 1 amide bonds. The molecule has 0 radical (unpaired) electrons. The summed E-state index contributed by atoms with van der Waals surface area (Å²) in [7, 11) is 0. The van der Waals surface area contributed by atoms with Crippen LogP contribution < -0.4 is 14.9 Å². The van der Waals surface area contributed by atoms with E-state index in [9.17, 15) is 4.79 Å². The molecule has 154 valence electrons. The fourth-order valence-electron chi connectivity index (χ4n) is 2.44. The highest BCUT2D eigenvalue weighted by molar-refractivity contribution is 9.11. The van der Waals surface area contributed by atoms with Crippen molar-refractivity contribution in [3.63, 3.8) is 0 Å². The Hall–Kier alpha value is -2.12.